The minimum atomic E-state index is -0.445. The highest BCUT2D eigenvalue weighted by Crippen LogP contribution is 2.23. The van der Waals surface area contributed by atoms with Gasteiger partial charge in [-0.1, -0.05) is 17.7 Å². The molecule has 0 N–H and O–H groups in total. The molecule has 0 unspecified atom stereocenters. The van der Waals surface area contributed by atoms with Crippen molar-refractivity contribution in [3.63, 3.8) is 0 Å². The zero-order chi connectivity index (χ0) is 18.0. The van der Waals surface area contributed by atoms with Crippen molar-refractivity contribution in [1.29, 1.82) is 0 Å². The van der Waals surface area contributed by atoms with E-state index in [1.165, 1.54) is 7.11 Å². The lowest BCUT2D eigenvalue weighted by molar-refractivity contribution is -0.134. The number of methoxy groups -OCH3 is 1. The van der Waals surface area contributed by atoms with Gasteiger partial charge >= 0.3 is 5.97 Å². The lowest BCUT2D eigenvalue weighted by atomic mass is 10.0. The third kappa shape index (κ3) is 3.50. The fraction of sp³-hybridized carbons (Fsp3) is 0.389. The van der Waals surface area contributed by atoms with Crippen LogP contribution in [0.1, 0.15) is 27.3 Å². The zero-order valence-corrected chi connectivity index (χ0v) is 14.6. The normalized spacial score (nSPS) is 13.3. The topological polar surface area (TPSA) is 73.7 Å². The van der Waals surface area contributed by atoms with Crippen molar-refractivity contribution < 1.29 is 19.1 Å². The Balaban J connectivity index is 1.66. The first kappa shape index (κ1) is 17.0. The molecule has 2 aromatic rings. The summed E-state index contributed by atoms with van der Waals surface area (Å²) in [6, 6.07) is 7.58. The number of nitrogens with zero attached hydrogens (tertiary/aromatic N) is 3. The maximum atomic E-state index is 12.4. The molecule has 0 fully saturated rings. The summed E-state index contributed by atoms with van der Waals surface area (Å²) in [4.78, 5) is 26.0. The maximum Gasteiger partial charge on any atom is 0.358 e. The summed E-state index contributed by atoms with van der Waals surface area (Å²) in [7, 11) is 3.10. The molecule has 7 heteroatoms. The van der Waals surface area contributed by atoms with E-state index in [2.05, 4.69) is 5.10 Å². The SMILES string of the molecule is COC(=O)c1nn(C)c2c1CCN(C(=O)COc1ccc(C)cc1)C2. The summed E-state index contributed by atoms with van der Waals surface area (Å²) in [6.07, 6.45) is 0.573. The predicted octanol–water partition coefficient (Wildman–Crippen LogP) is 1.48. The van der Waals surface area contributed by atoms with E-state index in [1.54, 1.807) is 16.6 Å². The van der Waals surface area contributed by atoms with E-state index < -0.39 is 5.97 Å². The number of esters is 1. The molecule has 2 heterocycles. The molecule has 1 aromatic carbocycles. The van der Waals surface area contributed by atoms with Crippen LogP contribution in [0.15, 0.2) is 24.3 Å². The van der Waals surface area contributed by atoms with Crippen molar-refractivity contribution in [3.8, 4) is 5.75 Å². The van der Waals surface area contributed by atoms with Gasteiger partial charge in [-0.05, 0) is 25.5 Å². The Kier molecular flexibility index (Phi) is 4.74. The molecular weight excluding hydrogens is 322 g/mol. The summed E-state index contributed by atoms with van der Waals surface area (Å²) in [5.74, 6) is 0.136. The van der Waals surface area contributed by atoms with Crippen LogP contribution in [-0.4, -0.2) is 46.8 Å². The van der Waals surface area contributed by atoms with E-state index in [0.29, 0.717) is 31.0 Å². The number of benzene rings is 1. The number of fused-ring (bicyclic) bond motifs is 1. The van der Waals surface area contributed by atoms with Gasteiger partial charge in [0.15, 0.2) is 12.3 Å². The molecule has 0 atom stereocenters. The fourth-order valence-electron chi connectivity index (χ4n) is 2.91. The van der Waals surface area contributed by atoms with Crippen LogP contribution in [0, 0.1) is 6.92 Å². The van der Waals surface area contributed by atoms with Crippen LogP contribution >= 0.6 is 0 Å². The molecule has 7 nitrogen and oxygen atoms in total. The molecule has 3 rings (SSSR count). The number of carbonyl (C=O) groups is 2. The summed E-state index contributed by atoms with van der Waals surface area (Å²) in [5.41, 5.74) is 3.19. The van der Waals surface area contributed by atoms with Gasteiger partial charge in [0.2, 0.25) is 0 Å². The molecule has 0 aliphatic carbocycles. The molecule has 132 valence electrons. The van der Waals surface area contributed by atoms with E-state index in [0.717, 1.165) is 16.8 Å². The van der Waals surface area contributed by atoms with Crippen LogP contribution in [0.5, 0.6) is 5.75 Å². The molecule has 1 aliphatic heterocycles. The second kappa shape index (κ2) is 6.96. The van der Waals surface area contributed by atoms with Gasteiger partial charge < -0.3 is 14.4 Å². The molecule has 0 radical (unpaired) electrons. The quantitative estimate of drug-likeness (QED) is 0.786. The van der Waals surface area contributed by atoms with Crippen LogP contribution in [0.4, 0.5) is 0 Å². The smallest absolute Gasteiger partial charge is 0.358 e. The molecule has 0 saturated carbocycles. The van der Waals surface area contributed by atoms with E-state index >= 15 is 0 Å². The first-order chi connectivity index (χ1) is 12.0. The monoisotopic (exact) mass is 343 g/mol. The molecule has 0 saturated heterocycles. The van der Waals surface area contributed by atoms with Crippen LogP contribution in [-0.2, 0) is 29.5 Å². The average molecular weight is 343 g/mol. The number of hydrogen-bond donors (Lipinski definition) is 0. The Bertz CT molecular complexity index is 795. The molecule has 0 bridgehead atoms. The molecule has 1 aromatic heterocycles. The van der Waals surface area contributed by atoms with Crippen molar-refractivity contribution in [1.82, 2.24) is 14.7 Å². The van der Waals surface area contributed by atoms with Crippen molar-refractivity contribution in [2.24, 2.45) is 7.05 Å². The predicted molar refractivity (Wildman–Crippen MR) is 90.3 cm³/mol. The second-order valence-corrected chi connectivity index (χ2v) is 6.06. The standard InChI is InChI=1S/C18H21N3O4/c1-12-4-6-13(7-5-12)25-11-16(22)21-9-8-14-15(10-21)20(2)19-17(14)18(23)24-3/h4-7H,8-11H2,1-3H3. The van der Waals surface area contributed by atoms with E-state index in [1.807, 2.05) is 31.2 Å². The summed E-state index contributed by atoms with van der Waals surface area (Å²) in [5, 5.41) is 4.23. The molecule has 25 heavy (non-hydrogen) atoms. The van der Waals surface area contributed by atoms with Crippen LogP contribution in [0.25, 0.3) is 0 Å². The Morgan fingerprint density at radius 3 is 2.64 bits per heavy atom. The molecule has 1 aliphatic rings. The average Bonchev–Trinajstić information content (AvgIpc) is 2.96. The van der Waals surface area contributed by atoms with Gasteiger partial charge in [0, 0.05) is 19.2 Å². The largest absolute Gasteiger partial charge is 0.484 e. The number of aromatic nitrogens is 2. The number of carbonyl (C=O) groups excluding carboxylic acids is 2. The van der Waals surface area contributed by atoms with Gasteiger partial charge in [-0.2, -0.15) is 5.10 Å². The highest BCUT2D eigenvalue weighted by molar-refractivity contribution is 5.89. The molecule has 1 amide bonds. The number of rotatable bonds is 4. The van der Waals surface area contributed by atoms with Crippen molar-refractivity contribution >= 4 is 11.9 Å². The summed E-state index contributed by atoms with van der Waals surface area (Å²) in [6.45, 7) is 2.92. The van der Waals surface area contributed by atoms with Crippen LogP contribution in [0.3, 0.4) is 0 Å². The second-order valence-electron chi connectivity index (χ2n) is 6.06. The van der Waals surface area contributed by atoms with Gasteiger partial charge in [-0.3, -0.25) is 9.48 Å². The Labute approximate surface area is 146 Å². The number of amides is 1. The van der Waals surface area contributed by atoms with Gasteiger partial charge in [-0.25, -0.2) is 4.79 Å². The van der Waals surface area contributed by atoms with Crippen LogP contribution < -0.4 is 4.74 Å². The maximum absolute atomic E-state index is 12.4. The molecular formula is C18H21N3O4. The zero-order valence-electron chi connectivity index (χ0n) is 14.6. The number of hydrogen-bond acceptors (Lipinski definition) is 5. The van der Waals surface area contributed by atoms with Crippen molar-refractivity contribution in [2.75, 3.05) is 20.3 Å². The van der Waals surface area contributed by atoms with Gasteiger partial charge in [0.1, 0.15) is 5.75 Å². The highest BCUT2D eigenvalue weighted by atomic mass is 16.5. The van der Waals surface area contributed by atoms with Gasteiger partial charge in [0.25, 0.3) is 5.91 Å². The lowest BCUT2D eigenvalue weighted by Gasteiger charge is -2.27. The van der Waals surface area contributed by atoms with E-state index in [9.17, 15) is 9.59 Å². The molecule has 0 spiro atoms. The minimum absolute atomic E-state index is 0.0138. The third-order valence-corrected chi connectivity index (χ3v) is 4.36. The fourth-order valence-corrected chi connectivity index (χ4v) is 2.91. The number of ether oxygens (including phenoxy) is 2. The first-order valence-electron chi connectivity index (χ1n) is 8.10. The van der Waals surface area contributed by atoms with Crippen LogP contribution in [0.2, 0.25) is 0 Å². The Morgan fingerprint density at radius 1 is 1.24 bits per heavy atom. The summed E-state index contributed by atoms with van der Waals surface area (Å²) < 4.78 is 12.0. The Hall–Kier alpha value is -2.83. The first-order valence-corrected chi connectivity index (χ1v) is 8.10. The highest BCUT2D eigenvalue weighted by Gasteiger charge is 2.29. The van der Waals surface area contributed by atoms with E-state index in [-0.39, 0.29) is 12.5 Å². The lowest BCUT2D eigenvalue weighted by Crippen LogP contribution is -2.39. The third-order valence-electron chi connectivity index (χ3n) is 4.36. The Morgan fingerprint density at radius 2 is 1.96 bits per heavy atom. The minimum Gasteiger partial charge on any atom is -0.484 e. The van der Waals surface area contributed by atoms with Gasteiger partial charge in [-0.15, -0.1) is 0 Å². The number of aryl methyl sites for hydroxylation is 2. The van der Waals surface area contributed by atoms with Crippen molar-refractivity contribution in [2.45, 2.75) is 19.9 Å². The van der Waals surface area contributed by atoms with Gasteiger partial charge in [0.05, 0.1) is 19.3 Å². The van der Waals surface area contributed by atoms with Crippen molar-refractivity contribution in [3.05, 3.63) is 46.8 Å². The van der Waals surface area contributed by atoms with E-state index in [4.69, 9.17) is 9.47 Å². The summed E-state index contributed by atoms with van der Waals surface area (Å²) >= 11 is 0.